The highest BCUT2D eigenvalue weighted by molar-refractivity contribution is 9.10. The van der Waals surface area contributed by atoms with E-state index in [0.717, 1.165) is 21.7 Å². The van der Waals surface area contributed by atoms with Crippen LogP contribution in [0.4, 0.5) is 0 Å². The molecule has 96 valence electrons. The van der Waals surface area contributed by atoms with Crippen LogP contribution in [0.2, 0.25) is 0 Å². The predicted octanol–water partition coefficient (Wildman–Crippen LogP) is 4.37. The lowest BCUT2D eigenvalue weighted by atomic mass is 10.2. The molecule has 0 amide bonds. The fourth-order valence-electron chi connectivity index (χ4n) is 1.95. The Kier molecular flexibility index (Phi) is 4.54. The SMILES string of the molecule is Cc1nc(C)c(C(C)NCc2ccccc2Br)s1. The van der Waals surface area contributed by atoms with Gasteiger partial charge in [0, 0.05) is 21.9 Å². The summed E-state index contributed by atoms with van der Waals surface area (Å²) in [7, 11) is 0. The van der Waals surface area contributed by atoms with E-state index in [1.165, 1.54) is 10.4 Å². The summed E-state index contributed by atoms with van der Waals surface area (Å²) in [6.45, 7) is 7.19. The highest BCUT2D eigenvalue weighted by atomic mass is 79.9. The van der Waals surface area contributed by atoms with Gasteiger partial charge in [0.1, 0.15) is 0 Å². The first-order valence-corrected chi connectivity index (χ1v) is 7.59. The first-order valence-electron chi connectivity index (χ1n) is 5.98. The van der Waals surface area contributed by atoms with Gasteiger partial charge in [0.2, 0.25) is 0 Å². The van der Waals surface area contributed by atoms with E-state index in [-0.39, 0.29) is 0 Å². The van der Waals surface area contributed by atoms with Crippen molar-refractivity contribution in [1.82, 2.24) is 10.3 Å². The van der Waals surface area contributed by atoms with Crippen LogP contribution in [-0.2, 0) is 6.54 Å². The fraction of sp³-hybridized carbons (Fsp3) is 0.357. The lowest BCUT2D eigenvalue weighted by molar-refractivity contribution is 0.578. The van der Waals surface area contributed by atoms with Crippen molar-refractivity contribution in [3.8, 4) is 0 Å². The summed E-state index contributed by atoms with van der Waals surface area (Å²) >= 11 is 5.35. The van der Waals surface area contributed by atoms with E-state index in [1.54, 1.807) is 11.3 Å². The van der Waals surface area contributed by atoms with Crippen LogP contribution in [0.3, 0.4) is 0 Å². The molecule has 0 spiro atoms. The lowest BCUT2D eigenvalue weighted by Crippen LogP contribution is -2.18. The molecule has 2 rings (SSSR count). The largest absolute Gasteiger partial charge is 0.305 e. The second kappa shape index (κ2) is 5.95. The molecule has 0 saturated heterocycles. The van der Waals surface area contributed by atoms with Gasteiger partial charge in [-0.3, -0.25) is 0 Å². The van der Waals surface area contributed by atoms with Crippen LogP contribution in [0, 0.1) is 13.8 Å². The molecular weight excluding hydrogens is 308 g/mol. The first kappa shape index (κ1) is 13.7. The lowest BCUT2D eigenvalue weighted by Gasteiger charge is -2.13. The van der Waals surface area contributed by atoms with Crippen LogP contribution in [0.5, 0.6) is 0 Å². The zero-order valence-electron chi connectivity index (χ0n) is 10.8. The van der Waals surface area contributed by atoms with Crippen LogP contribution >= 0.6 is 27.3 Å². The summed E-state index contributed by atoms with van der Waals surface area (Å²) in [4.78, 5) is 5.81. The van der Waals surface area contributed by atoms with Gasteiger partial charge in [-0.15, -0.1) is 11.3 Å². The van der Waals surface area contributed by atoms with Crippen molar-refractivity contribution < 1.29 is 0 Å². The predicted molar refractivity (Wildman–Crippen MR) is 81.0 cm³/mol. The van der Waals surface area contributed by atoms with E-state index in [1.807, 2.05) is 6.07 Å². The number of benzene rings is 1. The van der Waals surface area contributed by atoms with E-state index in [9.17, 15) is 0 Å². The topological polar surface area (TPSA) is 24.9 Å². The van der Waals surface area contributed by atoms with Crippen molar-refractivity contribution in [2.24, 2.45) is 0 Å². The van der Waals surface area contributed by atoms with E-state index in [2.05, 4.69) is 65.2 Å². The number of nitrogens with zero attached hydrogens (tertiary/aromatic N) is 1. The van der Waals surface area contributed by atoms with Crippen molar-refractivity contribution in [1.29, 1.82) is 0 Å². The van der Waals surface area contributed by atoms with Gasteiger partial charge >= 0.3 is 0 Å². The normalized spacial score (nSPS) is 12.7. The van der Waals surface area contributed by atoms with Crippen LogP contribution < -0.4 is 5.32 Å². The molecule has 1 unspecified atom stereocenters. The molecule has 4 heteroatoms. The van der Waals surface area contributed by atoms with Crippen LogP contribution in [0.25, 0.3) is 0 Å². The van der Waals surface area contributed by atoms with Crippen molar-refractivity contribution in [3.63, 3.8) is 0 Å². The molecule has 1 heterocycles. The van der Waals surface area contributed by atoms with Gasteiger partial charge in [-0.25, -0.2) is 4.98 Å². The average Bonchev–Trinajstić information content (AvgIpc) is 2.67. The maximum absolute atomic E-state index is 4.47. The van der Waals surface area contributed by atoms with Gasteiger partial charge < -0.3 is 5.32 Å². The standard InChI is InChI=1S/C14H17BrN2S/c1-9(14-10(2)17-11(3)18-14)16-8-12-6-4-5-7-13(12)15/h4-7,9,16H,8H2,1-3H3. The van der Waals surface area contributed by atoms with Crippen LogP contribution in [-0.4, -0.2) is 4.98 Å². The molecule has 1 atom stereocenters. The van der Waals surface area contributed by atoms with Gasteiger partial charge in [-0.05, 0) is 32.4 Å². The van der Waals surface area contributed by atoms with Gasteiger partial charge in [0.05, 0.1) is 10.7 Å². The average molecular weight is 325 g/mol. The number of rotatable bonds is 4. The van der Waals surface area contributed by atoms with E-state index < -0.39 is 0 Å². The monoisotopic (exact) mass is 324 g/mol. The zero-order valence-corrected chi connectivity index (χ0v) is 13.2. The Labute approximate surface area is 121 Å². The van der Waals surface area contributed by atoms with Crippen molar-refractivity contribution in [3.05, 3.63) is 49.9 Å². The quantitative estimate of drug-likeness (QED) is 0.903. The van der Waals surface area contributed by atoms with Gasteiger partial charge in [0.15, 0.2) is 0 Å². The minimum absolute atomic E-state index is 0.336. The molecule has 2 aromatic rings. The van der Waals surface area contributed by atoms with Gasteiger partial charge in [-0.1, -0.05) is 34.1 Å². The number of halogens is 1. The number of hydrogen-bond donors (Lipinski definition) is 1. The zero-order chi connectivity index (χ0) is 13.1. The molecule has 1 N–H and O–H groups in total. The number of thiazole rings is 1. The summed E-state index contributed by atoms with van der Waals surface area (Å²) < 4.78 is 1.15. The second-order valence-electron chi connectivity index (χ2n) is 4.38. The Hall–Kier alpha value is -0.710. The Morgan fingerprint density at radius 3 is 2.67 bits per heavy atom. The number of aryl methyl sites for hydroxylation is 2. The van der Waals surface area contributed by atoms with Crippen molar-refractivity contribution in [2.75, 3.05) is 0 Å². The third-order valence-electron chi connectivity index (χ3n) is 2.89. The molecule has 18 heavy (non-hydrogen) atoms. The Bertz CT molecular complexity index is 536. The summed E-state index contributed by atoms with van der Waals surface area (Å²) in [6.07, 6.45) is 0. The summed E-state index contributed by atoms with van der Waals surface area (Å²) in [5.74, 6) is 0. The molecule has 0 aliphatic carbocycles. The summed E-state index contributed by atoms with van der Waals surface area (Å²) in [5.41, 5.74) is 2.42. The maximum atomic E-state index is 4.47. The minimum atomic E-state index is 0.336. The molecule has 1 aromatic carbocycles. The molecule has 0 radical (unpaired) electrons. The molecule has 0 fully saturated rings. The third kappa shape index (κ3) is 3.19. The van der Waals surface area contributed by atoms with Crippen LogP contribution in [0.15, 0.2) is 28.7 Å². The molecule has 1 aromatic heterocycles. The minimum Gasteiger partial charge on any atom is -0.305 e. The molecule has 2 nitrogen and oxygen atoms in total. The molecule has 0 aliphatic heterocycles. The highest BCUT2D eigenvalue weighted by Crippen LogP contribution is 2.25. The summed E-state index contributed by atoms with van der Waals surface area (Å²) in [6, 6.07) is 8.64. The molecule has 0 bridgehead atoms. The third-order valence-corrected chi connectivity index (χ3v) is 4.92. The van der Waals surface area contributed by atoms with E-state index >= 15 is 0 Å². The first-order chi connectivity index (χ1) is 8.58. The summed E-state index contributed by atoms with van der Waals surface area (Å²) in [5, 5.41) is 4.69. The molecular formula is C14H17BrN2S. The molecule has 0 aliphatic rings. The van der Waals surface area contributed by atoms with Crippen LogP contribution in [0.1, 0.15) is 34.1 Å². The van der Waals surface area contributed by atoms with Crippen molar-refractivity contribution in [2.45, 2.75) is 33.4 Å². The molecule has 0 saturated carbocycles. The van der Waals surface area contributed by atoms with E-state index in [0.29, 0.717) is 6.04 Å². The van der Waals surface area contributed by atoms with E-state index in [4.69, 9.17) is 0 Å². The Balaban J connectivity index is 2.03. The number of hydrogen-bond acceptors (Lipinski definition) is 3. The Morgan fingerprint density at radius 2 is 2.06 bits per heavy atom. The highest BCUT2D eigenvalue weighted by Gasteiger charge is 2.12. The van der Waals surface area contributed by atoms with Gasteiger partial charge in [0.25, 0.3) is 0 Å². The smallest absolute Gasteiger partial charge is 0.0900 e. The van der Waals surface area contributed by atoms with Gasteiger partial charge in [-0.2, -0.15) is 0 Å². The fourth-order valence-corrected chi connectivity index (χ4v) is 3.33. The number of aromatic nitrogens is 1. The maximum Gasteiger partial charge on any atom is 0.0900 e. The number of nitrogens with one attached hydrogen (secondary N) is 1. The second-order valence-corrected chi connectivity index (χ2v) is 6.47. The van der Waals surface area contributed by atoms with Crippen molar-refractivity contribution >= 4 is 27.3 Å². The Morgan fingerprint density at radius 1 is 1.33 bits per heavy atom.